The minimum Gasteiger partial charge on any atom is -0.382 e. The van der Waals surface area contributed by atoms with Crippen LogP contribution in [0.5, 0.6) is 0 Å². The van der Waals surface area contributed by atoms with Crippen molar-refractivity contribution in [1.82, 2.24) is 15.3 Å². The van der Waals surface area contributed by atoms with E-state index >= 15 is 0 Å². The van der Waals surface area contributed by atoms with Crippen LogP contribution in [0.25, 0.3) is 0 Å². The van der Waals surface area contributed by atoms with E-state index in [1.807, 2.05) is 0 Å². The molecule has 1 amide bonds. The van der Waals surface area contributed by atoms with Crippen molar-refractivity contribution in [1.29, 1.82) is 0 Å². The number of amides is 1. The van der Waals surface area contributed by atoms with Crippen molar-refractivity contribution in [3.63, 3.8) is 0 Å². The zero-order valence-corrected chi connectivity index (χ0v) is 11.4. The topological polar surface area (TPSA) is 80.9 Å². The number of aromatic nitrogens is 2. The van der Waals surface area contributed by atoms with Gasteiger partial charge in [-0.3, -0.25) is 9.78 Å². The third kappa shape index (κ3) is 4.19. The SMILES string of the molecule is CC1CCC(CCNC(=O)c2cncc(N)n2)CC1. The van der Waals surface area contributed by atoms with Crippen LogP contribution in [0.1, 0.15) is 49.5 Å². The number of carbonyl (C=O) groups is 1. The van der Waals surface area contributed by atoms with E-state index in [1.54, 1.807) is 0 Å². The smallest absolute Gasteiger partial charge is 0.271 e. The van der Waals surface area contributed by atoms with Gasteiger partial charge in [0.15, 0.2) is 0 Å². The van der Waals surface area contributed by atoms with Crippen molar-refractivity contribution in [2.45, 2.75) is 39.0 Å². The quantitative estimate of drug-likeness (QED) is 0.869. The maximum Gasteiger partial charge on any atom is 0.271 e. The lowest BCUT2D eigenvalue weighted by atomic mass is 9.81. The van der Waals surface area contributed by atoms with Crippen molar-refractivity contribution in [2.24, 2.45) is 11.8 Å². The zero-order chi connectivity index (χ0) is 13.7. The Balaban J connectivity index is 1.72. The van der Waals surface area contributed by atoms with Gasteiger partial charge >= 0.3 is 0 Å². The summed E-state index contributed by atoms with van der Waals surface area (Å²) in [7, 11) is 0. The minimum absolute atomic E-state index is 0.191. The molecular weight excluding hydrogens is 240 g/mol. The Kier molecular flexibility index (Phi) is 4.71. The van der Waals surface area contributed by atoms with E-state index in [9.17, 15) is 4.79 Å². The van der Waals surface area contributed by atoms with Crippen molar-refractivity contribution in [3.05, 3.63) is 18.1 Å². The number of nitrogens with zero attached hydrogens (tertiary/aromatic N) is 2. The van der Waals surface area contributed by atoms with Crippen molar-refractivity contribution in [3.8, 4) is 0 Å². The van der Waals surface area contributed by atoms with Gasteiger partial charge in [-0.1, -0.05) is 32.6 Å². The summed E-state index contributed by atoms with van der Waals surface area (Å²) in [6.45, 7) is 3.02. The summed E-state index contributed by atoms with van der Waals surface area (Å²) in [6, 6.07) is 0. The summed E-state index contributed by atoms with van der Waals surface area (Å²) in [5, 5.41) is 2.89. The first-order valence-electron chi connectivity index (χ1n) is 7.01. The largest absolute Gasteiger partial charge is 0.382 e. The molecule has 0 spiro atoms. The highest BCUT2D eigenvalue weighted by molar-refractivity contribution is 5.92. The van der Waals surface area contributed by atoms with Crippen LogP contribution in [0.4, 0.5) is 5.82 Å². The highest BCUT2D eigenvalue weighted by Crippen LogP contribution is 2.29. The molecule has 19 heavy (non-hydrogen) atoms. The van der Waals surface area contributed by atoms with Crippen LogP contribution < -0.4 is 11.1 Å². The van der Waals surface area contributed by atoms with Crippen LogP contribution in [0.3, 0.4) is 0 Å². The van der Waals surface area contributed by atoms with Gasteiger partial charge in [-0.25, -0.2) is 4.98 Å². The molecule has 1 aromatic heterocycles. The van der Waals surface area contributed by atoms with E-state index in [2.05, 4.69) is 22.2 Å². The summed E-state index contributed by atoms with van der Waals surface area (Å²) in [5.74, 6) is 1.70. The van der Waals surface area contributed by atoms with Gasteiger partial charge in [0.2, 0.25) is 0 Å². The fourth-order valence-corrected chi connectivity index (χ4v) is 2.59. The molecule has 0 atom stereocenters. The molecule has 0 unspecified atom stereocenters. The number of carbonyl (C=O) groups excluding carboxylic acids is 1. The molecule has 1 aliphatic rings. The monoisotopic (exact) mass is 262 g/mol. The number of nitrogen functional groups attached to an aromatic ring is 1. The molecule has 5 nitrogen and oxygen atoms in total. The molecule has 1 heterocycles. The summed E-state index contributed by atoms with van der Waals surface area (Å²) in [6.07, 6.45) is 9.13. The van der Waals surface area contributed by atoms with E-state index in [-0.39, 0.29) is 17.4 Å². The van der Waals surface area contributed by atoms with Crippen LogP contribution in [0.2, 0.25) is 0 Å². The first-order chi connectivity index (χ1) is 9.15. The molecule has 0 radical (unpaired) electrons. The average molecular weight is 262 g/mol. The van der Waals surface area contributed by atoms with Gasteiger partial charge in [0, 0.05) is 6.54 Å². The lowest BCUT2D eigenvalue weighted by Gasteiger charge is -2.26. The highest BCUT2D eigenvalue weighted by Gasteiger charge is 2.18. The highest BCUT2D eigenvalue weighted by atomic mass is 16.1. The lowest BCUT2D eigenvalue weighted by molar-refractivity contribution is 0.0944. The molecule has 0 aliphatic heterocycles. The van der Waals surface area contributed by atoms with Gasteiger partial charge < -0.3 is 11.1 Å². The first-order valence-corrected chi connectivity index (χ1v) is 7.01. The molecule has 104 valence electrons. The number of rotatable bonds is 4. The normalized spacial score (nSPS) is 23.0. The van der Waals surface area contributed by atoms with Crippen LogP contribution in [-0.4, -0.2) is 22.4 Å². The van der Waals surface area contributed by atoms with E-state index in [0.29, 0.717) is 6.54 Å². The van der Waals surface area contributed by atoms with E-state index < -0.39 is 0 Å². The van der Waals surface area contributed by atoms with Gasteiger partial charge in [0.25, 0.3) is 5.91 Å². The summed E-state index contributed by atoms with van der Waals surface area (Å²) in [4.78, 5) is 19.6. The van der Waals surface area contributed by atoms with Crippen LogP contribution in [0.15, 0.2) is 12.4 Å². The molecule has 0 aromatic carbocycles. The molecule has 0 saturated heterocycles. The summed E-state index contributed by atoms with van der Waals surface area (Å²) >= 11 is 0. The van der Waals surface area contributed by atoms with Crippen molar-refractivity contribution >= 4 is 11.7 Å². The van der Waals surface area contributed by atoms with Crippen LogP contribution >= 0.6 is 0 Å². The molecule has 1 aliphatic carbocycles. The third-order valence-corrected chi connectivity index (χ3v) is 3.86. The first kappa shape index (κ1) is 13.8. The number of anilines is 1. The van der Waals surface area contributed by atoms with Gasteiger partial charge in [0.05, 0.1) is 12.4 Å². The molecule has 1 saturated carbocycles. The molecular formula is C14H22N4O. The van der Waals surface area contributed by atoms with Gasteiger partial charge in [0.1, 0.15) is 11.5 Å². The van der Waals surface area contributed by atoms with E-state index in [4.69, 9.17) is 5.73 Å². The molecule has 0 bridgehead atoms. The summed E-state index contributed by atoms with van der Waals surface area (Å²) < 4.78 is 0. The Morgan fingerprint density at radius 3 is 2.79 bits per heavy atom. The second-order valence-electron chi connectivity index (χ2n) is 5.50. The molecule has 2 rings (SSSR count). The Labute approximate surface area is 114 Å². The van der Waals surface area contributed by atoms with Crippen molar-refractivity contribution < 1.29 is 4.79 Å². The molecule has 5 heteroatoms. The number of hydrogen-bond acceptors (Lipinski definition) is 4. The number of nitrogens with one attached hydrogen (secondary N) is 1. The fourth-order valence-electron chi connectivity index (χ4n) is 2.59. The lowest BCUT2D eigenvalue weighted by Crippen LogP contribution is -2.27. The van der Waals surface area contributed by atoms with Gasteiger partial charge in [-0.05, 0) is 18.3 Å². The molecule has 1 aromatic rings. The predicted octanol–water partition coefficient (Wildman–Crippen LogP) is 2.00. The summed E-state index contributed by atoms with van der Waals surface area (Å²) in [5.41, 5.74) is 5.79. The van der Waals surface area contributed by atoms with E-state index in [0.717, 1.165) is 18.3 Å². The predicted molar refractivity (Wildman–Crippen MR) is 74.5 cm³/mol. The molecule has 1 fully saturated rings. The Morgan fingerprint density at radius 1 is 1.37 bits per heavy atom. The number of hydrogen-bond donors (Lipinski definition) is 2. The number of nitrogens with two attached hydrogens (primary N) is 1. The van der Waals surface area contributed by atoms with E-state index in [1.165, 1.54) is 38.1 Å². The minimum atomic E-state index is -0.191. The van der Waals surface area contributed by atoms with Crippen molar-refractivity contribution in [2.75, 3.05) is 12.3 Å². The second kappa shape index (κ2) is 6.50. The second-order valence-corrected chi connectivity index (χ2v) is 5.50. The maximum absolute atomic E-state index is 11.8. The average Bonchev–Trinajstić information content (AvgIpc) is 2.41. The Hall–Kier alpha value is -1.65. The third-order valence-electron chi connectivity index (χ3n) is 3.86. The van der Waals surface area contributed by atoms with Crippen LogP contribution in [-0.2, 0) is 0 Å². The molecule has 3 N–H and O–H groups in total. The van der Waals surface area contributed by atoms with Gasteiger partial charge in [-0.2, -0.15) is 0 Å². The van der Waals surface area contributed by atoms with Gasteiger partial charge in [-0.15, -0.1) is 0 Å². The standard InChI is InChI=1S/C14H22N4O/c1-10-2-4-11(5-3-10)6-7-17-14(19)12-8-16-9-13(15)18-12/h8-11H,2-7H2,1H3,(H2,15,18)(H,17,19). The fraction of sp³-hybridized carbons (Fsp3) is 0.643. The Morgan fingerprint density at radius 2 is 2.11 bits per heavy atom. The maximum atomic E-state index is 11.8. The Bertz CT molecular complexity index is 427. The van der Waals surface area contributed by atoms with Crippen LogP contribution in [0, 0.1) is 11.8 Å². The zero-order valence-electron chi connectivity index (χ0n) is 11.4.